The lowest BCUT2D eigenvalue weighted by molar-refractivity contribution is -0.186. The molecule has 0 aromatic carbocycles. The van der Waals surface area contributed by atoms with Gasteiger partial charge in [0.2, 0.25) is 0 Å². The van der Waals surface area contributed by atoms with E-state index in [1.54, 1.807) is 13.0 Å². The highest BCUT2D eigenvalue weighted by Crippen LogP contribution is 2.57. The van der Waals surface area contributed by atoms with Gasteiger partial charge in [0, 0.05) is 26.2 Å². The Morgan fingerprint density at radius 1 is 1.10 bits per heavy atom. The Labute approximate surface area is 180 Å². The first kappa shape index (κ1) is 24.5. The fourth-order valence-electron chi connectivity index (χ4n) is 4.13. The van der Waals surface area contributed by atoms with Gasteiger partial charge in [0.15, 0.2) is 20.2 Å². The molecule has 1 fully saturated rings. The zero-order valence-corrected chi connectivity index (χ0v) is 18.2. The molecule has 0 N–H and O–H groups in total. The van der Waals surface area contributed by atoms with E-state index >= 15 is 0 Å². The quantitative estimate of drug-likeness (QED) is 0.162. The predicted octanol–water partition coefficient (Wildman–Crippen LogP) is 1.43. The monoisotopic (exact) mass is 440 g/mol. The molecule has 0 aliphatic heterocycles. The zero-order chi connectivity index (χ0) is 23.2. The number of carbonyl (C=O) groups is 4. The van der Waals surface area contributed by atoms with E-state index in [1.165, 1.54) is 21.1 Å². The largest absolute Gasteiger partial charge is 0.453 e. The SMILES string of the molecule is C=C(C)C(=O)OCC(=O)OC1(C)C=C2CC(C(=O)OCOC)C(C(=O)OCOC)(C2)C1. The topological polar surface area (TPSA) is 124 Å². The van der Waals surface area contributed by atoms with Crippen molar-refractivity contribution in [2.24, 2.45) is 11.3 Å². The number of carbonyl (C=O) groups excluding carboxylic acids is 4. The van der Waals surface area contributed by atoms with Crippen molar-refractivity contribution in [3.8, 4) is 0 Å². The highest BCUT2D eigenvalue weighted by Gasteiger charge is 2.61. The van der Waals surface area contributed by atoms with Gasteiger partial charge in [-0.15, -0.1) is 0 Å². The number of hydrogen-bond acceptors (Lipinski definition) is 10. The number of hydrogen-bond donors (Lipinski definition) is 0. The summed E-state index contributed by atoms with van der Waals surface area (Å²) in [7, 11) is 2.75. The van der Waals surface area contributed by atoms with E-state index in [-0.39, 0.29) is 38.4 Å². The minimum atomic E-state index is -1.29. The maximum Gasteiger partial charge on any atom is 0.345 e. The number of allylic oxidation sites excluding steroid dienone is 1. The van der Waals surface area contributed by atoms with Crippen LogP contribution in [0.3, 0.4) is 0 Å². The van der Waals surface area contributed by atoms with Crippen LogP contribution >= 0.6 is 0 Å². The zero-order valence-electron chi connectivity index (χ0n) is 18.2. The third-order valence-corrected chi connectivity index (χ3v) is 5.19. The summed E-state index contributed by atoms with van der Waals surface area (Å²) in [5.41, 5.74) is -1.61. The molecule has 2 rings (SSSR count). The first-order valence-electron chi connectivity index (χ1n) is 9.63. The average Bonchev–Trinajstić information content (AvgIpc) is 3.00. The fraction of sp³-hybridized carbons (Fsp3) is 0.619. The molecule has 31 heavy (non-hydrogen) atoms. The second-order valence-corrected chi connectivity index (χ2v) is 7.92. The molecule has 0 radical (unpaired) electrons. The molecule has 172 valence electrons. The van der Waals surface area contributed by atoms with Crippen LogP contribution in [0.2, 0.25) is 0 Å². The summed E-state index contributed by atoms with van der Waals surface area (Å²) in [5, 5.41) is 0. The van der Waals surface area contributed by atoms with Crippen molar-refractivity contribution < 1.29 is 47.6 Å². The van der Waals surface area contributed by atoms with Gasteiger partial charge >= 0.3 is 23.9 Å². The fourth-order valence-corrected chi connectivity index (χ4v) is 4.13. The molecule has 0 spiro atoms. The lowest BCUT2D eigenvalue weighted by atomic mass is 9.68. The standard InChI is InChI=1S/C21H28O10/c1-13(2)17(23)28-9-16(22)31-20(3)7-14-6-15(18(24)29-11-26-4)21(8-14,10-20)19(25)30-12-27-5/h7,15H,1,6,8-12H2,2-5H3. The molecule has 3 atom stereocenters. The molecular formula is C21H28O10. The summed E-state index contributed by atoms with van der Waals surface area (Å²) in [6.45, 7) is 5.37. The van der Waals surface area contributed by atoms with E-state index in [2.05, 4.69) is 6.58 Å². The lowest BCUT2D eigenvalue weighted by Gasteiger charge is -2.40. The van der Waals surface area contributed by atoms with Crippen LogP contribution in [0.25, 0.3) is 0 Å². The summed E-state index contributed by atoms with van der Waals surface area (Å²) in [6, 6.07) is 0. The number of ether oxygens (including phenoxy) is 6. The summed E-state index contributed by atoms with van der Waals surface area (Å²) in [4.78, 5) is 49.4. The van der Waals surface area contributed by atoms with Crippen molar-refractivity contribution in [3.63, 3.8) is 0 Å². The summed E-state index contributed by atoms with van der Waals surface area (Å²) < 4.78 is 30.3. The molecule has 0 heterocycles. The smallest absolute Gasteiger partial charge is 0.345 e. The van der Waals surface area contributed by atoms with E-state index in [0.29, 0.717) is 0 Å². The Bertz CT molecular complexity index is 785. The van der Waals surface area contributed by atoms with E-state index < -0.39 is 47.4 Å². The Morgan fingerprint density at radius 3 is 2.35 bits per heavy atom. The van der Waals surface area contributed by atoms with Gasteiger partial charge in [-0.2, -0.15) is 0 Å². The molecule has 10 nitrogen and oxygen atoms in total. The van der Waals surface area contributed by atoms with Crippen molar-refractivity contribution >= 4 is 23.9 Å². The van der Waals surface area contributed by atoms with Crippen LogP contribution in [0, 0.1) is 11.3 Å². The summed E-state index contributed by atoms with van der Waals surface area (Å²) in [5.74, 6) is -3.60. The van der Waals surface area contributed by atoms with Gasteiger partial charge < -0.3 is 28.4 Å². The van der Waals surface area contributed by atoms with E-state index in [0.717, 1.165) is 5.57 Å². The minimum absolute atomic E-state index is 0.0149. The van der Waals surface area contributed by atoms with Crippen LogP contribution in [-0.4, -0.2) is 63.9 Å². The second kappa shape index (κ2) is 10.1. The van der Waals surface area contributed by atoms with Gasteiger partial charge in [0.25, 0.3) is 0 Å². The minimum Gasteiger partial charge on any atom is -0.453 e. The van der Waals surface area contributed by atoms with Crippen molar-refractivity contribution in [2.75, 3.05) is 34.4 Å². The van der Waals surface area contributed by atoms with Crippen LogP contribution in [0.5, 0.6) is 0 Å². The highest BCUT2D eigenvalue weighted by molar-refractivity contribution is 5.89. The van der Waals surface area contributed by atoms with Crippen LogP contribution in [0.1, 0.15) is 33.1 Å². The van der Waals surface area contributed by atoms with Crippen molar-refractivity contribution in [1.82, 2.24) is 0 Å². The molecule has 0 saturated heterocycles. The van der Waals surface area contributed by atoms with Crippen molar-refractivity contribution in [3.05, 3.63) is 23.8 Å². The molecule has 0 aromatic heterocycles. The van der Waals surface area contributed by atoms with Crippen LogP contribution in [0.4, 0.5) is 0 Å². The predicted molar refractivity (Wildman–Crippen MR) is 104 cm³/mol. The normalized spacial score (nSPS) is 26.5. The Hall–Kier alpha value is -2.72. The molecule has 0 aromatic rings. The maximum absolute atomic E-state index is 13.0. The van der Waals surface area contributed by atoms with Gasteiger partial charge in [-0.05, 0) is 32.8 Å². The Morgan fingerprint density at radius 2 is 1.74 bits per heavy atom. The molecule has 3 unspecified atom stereocenters. The van der Waals surface area contributed by atoms with Crippen molar-refractivity contribution in [1.29, 1.82) is 0 Å². The van der Waals surface area contributed by atoms with Crippen LogP contribution < -0.4 is 0 Å². The van der Waals surface area contributed by atoms with Gasteiger partial charge in [-0.3, -0.25) is 9.59 Å². The number of rotatable bonds is 10. The first-order valence-corrected chi connectivity index (χ1v) is 9.63. The van der Waals surface area contributed by atoms with Gasteiger partial charge in [0.1, 0.15) is 5.60 Å². The third-order valence-electron chi connectivity index (χ3n) is 5.19. The molecule has 2 bridgehead atoms. The summed E-state index contributed by atoms with van der Waals surface area (Å²) in [6.07, 6.45) is 2.22. The molecular weight excluding hydrogens is 412 g/mol. The van der Waals surface area contributed by atoms with Crippen LogP contribution in [0.15, 0.2) is 23.8 Å². The maximum atomic E-state index is 13.0. The van der Waals surface area contributed by atoms with Gasteiger partial charge in [-0.1, -0.05) is 12.2 Å². The molecule has 0 amide bonds. The van der Waals surface area contributed by atoms with E-state index in [4.69, 9.17) is 28.4 Å². The molecule has 2 aliphatic carbocycles. The van der Waals surface area contributed by atoms with Gasteiger partial charge in [-0.25, -0.2) is 9.59 Å². The highest BCUT2D eigenvalue weighted by atomic mass is 16.7. The second-order valence-electron chi connectivity index (χ2n) is 7.92. The van der Waals surface area contributed by atoms with E-state index in [1.807, 2.05) is 0 Å². The molecule has 1 saturated carbocycles. The molecule has 2 aliphatic rings. The summed E-state index contributed by atoms with van der Waals surface area (Å²) >= 11 is 0. The van der Waals surface area contributed by atoms with E-state index in [9.17, 15) is 19.2 Å². The van der Waals surface area contributed by atoms with Crippen LogP contribution in [-0.2, 0) is 47.6 Å². The first-order chi connectivity index (χ1) is 14.6. The van der Waals surface area contributed by atoms with Gasteiger partial charge in [0.05, 0.1) is 11.3 Å². The number of fused-ring (bicyclic) bond motifs is 2. The Balaban J connectivity index is 2.22. The number of esters is 4. The Kier molecular flexibility index (Phi) is 7.96. The third kappa shape index (κ3) is 5.71. The molecule has 10 heteroatoms. The number of methoxy groups -OCH3 is 2. The van der Waals surface area contributed by atoms with Crippen molar-refractivity contribution in [2.45, 2.75) is 38.7 Å². The lowest BCUT2D eigenvalue weighted by Crippen LogP contribution is -2.48. The average molecular weight is 440 g/mol.